The van der Waals surface area contributed by atoms with Crippen molar-refractivity contribution in [1.82, 2.24) is 4.98 Å². The molecular formula is C9H14N4O3S. The lowest BCUT2D eigenvalue weighted by atomic mass is 10.2. The van der Waals surface area contributed by atoms with Crippen molar-refractivity contribution in [3.05, 3.63) is 23.9 Å². The molecule has 8 heteroatoms. The van der Waals surface area contributed by atoms with Crippen molar-refractivity contribution in [2.24, 2.45) is 10.9 Å². The fourth-order valence-electron chi connectivity index (χ4n) is 1.23. The second-order valence-electron chi connectivity index (χ2n) is 3.41. The van der Waals surface area contributed by atoms with E-state index in [9.17, 15) is 13.2 Å². The predicted molar refractivity (Wildman–Crippen MR) is 63.8 cm³/mol. The summed E-state index contributed by atoms with van der Waals surface area (Å²) < 4.78 is 21.4. The first-order chi connectivity index (χ1) is 7.90. The van der Waals surface area contributed by atoms with Gasteiger partial charge in [0.1, 0.15) is 5.82 Å². The van der Waals surface area contributed by atoms with Crippen LogP contribution in [0.3, 0.4) is 0 Å². The summed E-state index contributed by atoms with van der Waals surface area (Å²) in [5, 5.41) is 7.68. The van der Waals surface area contributed by atoms with E-state index in [4.69, 9.17) is 10.9 Å². The standard InChI is InChI=1S/C9H14N4O3S/c10-8(14)7-3-1-4-12-9(7)13-5-2-6-17(11,15)16/h1,3-4H,2,5-6H2,(H2,10,14)(H,12,13)(H2,11,15,16). The Morgan fingerprint density at radius 2 is 2.18 bits per heavy atom. The summed E-state index contributed by atoms with van der Waals surface area (Å²) in [6.07, 6.45) is 1.84. The van der Waals surface area contributed by atoms with Gasteiger partial charge in [0.25, 0.3) is 5.91 Å². The molecule has 0 aliphatic rings. The molecule has 1 aromatic heterocycles. The number of nitrogens with two attached hydrogens (primary N) is 2. The quantitative estimate of drug-likeness (QED) is 0.579. The average molecular weight is 258 g/mol. The third kappa shape index (κ3) is 4.79. The van der Waals surface area contributed by atoms with Crippen LogP contribution in [-0.2, 0) is 10.0 Å². The summed E-state index contributed by atoms with van der Waals surface area (Å²) >= 11 is 0. The van der Waals surface area contributed by atoms with Gasteiger partial charge in [-0.15, -0.1) is 0 Å². The lowest BCUT2D eigenvalue weighted by Crippen LogP contribution is -2.20. The van der Waals surface area contributed by atoms with E-state index >= 15 is 0 Å². The van der Waals surface area contributed by atoms with Gasteiger partial charge in [-0.25, -0.2) is 18.5 Å². The molecule has 0 atom stereocenters. The molecule has 1 amide bonds. The zero-order valence-electron chi connectivity index (χ0n) is 9.09. The van der Waals surface area contributed by atoms with Gasteiger partial charge in [-0.2, -0.15) is 0 Å². The number of primary amides is 1. The molecular weight excluding hydrogens is 244 g/mol. The SMILES string of the molecule is NC(=O)c1cccnc1NCCCS(N)(=O)=O. The molecule has 0 aliphatic heterocycles. The summed E-state index contributed by atoms with van der Waals surface area (Å²) in [6, 6.07) is 3.13. The third-order valence-electron chi connectivity index (χ3n) is 1.97. The number of carbonyl (C=O) groups excluding carboxylic acids is 1. The highest BCUT2D eigenvalue weighted by atomic mass is 32.2. The summed E-state index contributed by atoms with van der Waals surface area (Å²) in [5.41, 5.74) is 5.42. The monoisotopic (exact) mass is 258 g/mol. The molecule has 7 nitrogen and oxygen atoms in total. The Labute approximate surface area is 99.3 Å². The maximum Gasteiger partial charge on any atom is 0.252 e. The second-order valence-corrected chi connectivity index (χ2v) is 5.15. The fourth-order valence-corrected chi connectivity index (χ4v) is 1.77. The van der Waals surface area contributed by atoms with Crippen LogP contribution in [0.15, 0.2) is 18.3 Å². The Bertz CT molecular complexity index is 501. The molecule has 0 bridgehead atoms. The van der Waals surface area contributed by atoms with E-state index in [1.54, 1.807) is 6.07 Å². The van der Waals surface area contributed by atoms with Crippen LogP contribution in [0.1, 0.15) is 16.8 Å². The molecule has 1 heterocycles. The zero-order valence-corrected chi connectivity index (χ0v) is 9.90. The Kier molecular flexibility index (Phi) is 4.41. The van der Waals surface area contributed by atoms with Gasteiger partial charge in [-0.3, -0.25) is 4.79 Å². The van der Waals surface area contributed by atoms with Crippen molar-refractivity contribution >= 4 is 21.7 Å². The maximum atomic E-state index is 11.0. The van der Waals surface area contributed by atoms with E-state index in [1.165, 1.54) is 12.3 Å². The Morgan fingerprint density at radius 3 is 2.76 bits per heavy atom. The molecule has 0 radical (unpaired) electrons. The van der Waals surface area contributed by atoms with Gasteiger partial charge in [0.05, 0.1) is 11.3 Å². The molecule has 5 N–H and O–H groups in total. The van der Waals surface area contributed by atoms with Crippen molar-refractivity contribution in [3.63, 3.8) is 0 Å². The zero-order chi connectivity index (χ0) is 12.9. The molecule has 0 fully saturated rings. The number of rotatable bonds is 6. The number of aromatic nitrogens is 1. The number of pyridine rings is 1. The predicted octanol–water partition coefficient (Wildman–Crippen LogP) is -0.729. The number of sulfonamides is 1. The lowest BCUT2D eigenvalue weighted by molar-refractivity contribution is 0.100. The minimum Gasteiger partial charge on any atom is -0.369 e. The van der Waals surface area contributed by atoms with Gasteiger partial charge >= 0.3 is 0 Å². The van der Waals surface area contributed by atoms with Gasteiger partial charge in [0, 0.05) is 12.7 Å². The lowest BCUT2D eigenvalue weighted by Gasteiger charge is -2.07. The van der Waals surface area contributed by atoms with Crippen LogP contribution in [0.2, 0.25) is 0 Å². The van der Waals surface area contributed by atoms with E-state index in [-0.39, 0.29) is 11.3 Å². The van der Waals surface area contributed by atoms with E-state index in [1.807, 2.05) is 0 Å². The van der Waals surface area contributed by atoms with Crippen LogP contribution in [0, 0.1) is 0 Å². The Hall–Kier alpha value is -1.67. The number of nitrogens with zero attached hydrogens (tertiary/aromatic N) is 1. The Balaban J connectivity index is 2.55. The first-order valence-electron chi connectivity index (χ1n) is 4.89. The minimum atomic E-state index is -3.46. The molecule has 1 rings (SSSR count). The van der Waals surface area contributed by atoms with E-state index in [0.717, 1.165) is 0 Å². The number of carbonyl (C=O) groups is 1. The van der Waals surface area contributed by atoms with Gasteiger partial charge < -0.3 is 11.1 Å². The maximum absolute atomic E-state index is 11.0. The normalized spacial score (nSPS) is 11.1. The fraction of sp³-hybridized carbons (Fsp3) is 0.333. The minimum absolute atomic E-state index is 0.126. The molecule has 0 aliphatic carbocycles. The van der Waals surface area contributed by atoms with Gasteiger partial charge in [0.15, 0.2) is 0 Å². The molecule has 0 unspecified atom stereocenters. The summed E-state index contributed by atoms with van der Waals surface area (Å²) in [5.74, 6) is -0.375. The molecule has 94 valence electrons. The van der Waals surface area contributed by atoms with Gasteiger partial charge in [-0.05, 0) is 18.6 Å². The largest absolute Gasteiger partial charge is 0.369 e. The highest BCUT2D eigenvalue weighted by molar-refractivity contribution is 7.89. The molecule has 17 heavy (non-hydrogen) atoms. The van der Waals surface area contributed by atoms with E-state index in [0.29, 0.717) is 18.8 Å². The molecule has 0 saturated carbocycles. The van der Waals surface area contributed by atoms with Crippen LogP contribution in [-0.4, -0.2) is 31.6 Å². The second kappa shape index (κ2) is 5.60. The smallest absolute Gasteiger partial charge is 0.252 e. The molecule has 0 saturated heterocycles. The Morgan fingerprint density at radius 1 is 1.47 bits per heavy atom. The average Bonchev–Trinajstić information content (AvgIpc) is 2.23. The van der Waals surface area contributed by atoms with E-state index in [2.05, 4.69) is 10.3 Å². The van der Waals surface area contributed by atoms with Crippen LogP contribution >= 0.6 is 0 Å². The van der Waals surface area contributed by atoms with Crippen molar-refractivity contribution in [1.29, 1.82) is 0 Å². The summed E-state index contributed by atoms with van der Waals surface area (Å²) in [6.45, 7) is 0.341. The summed E-state index contributed by atoms with van der Waals surface area (Å²) in [7, 11) is -3.46. The van der Waals surface area contributed by atoms with Crippen LogP contribution in [0.25, 0.3) is 0 Å². The van der Waals surface area contributed by atoms with Gasteiger partial charge in [0.2, 0.25) is 10.0 Å². The highest BCUT2D eigenvalue weighted by Crippen LogP contribution is 2.10. The first kappa shape index (κ1) is 13.4. The number of hydrogen-bond donors (Lipinski definition) is 3. The number of amides is 1. The van der Waals surface area contributed by atoms with Crippen molar-refractivity contribution in [3.8, 4) is 0 Å². The van der Waals surface area contributed by atoms with E-state index < -0.39 is 15.9 Å². The number of nitrogens with one attached hydrogen (secondary N) is 1. The number of anilines is 1. The van der Waals surface area contributed by atoms with Crippen LogP contribution in [0.5, 0.6) is 0 Å². The topological polar surface area (TPSA) is 128 Å². The van der Waals surface area contributed by atoms with Crippen LogP contribution < -0.4 is 16.2 Å². The highest BCUT2D eigenvalue weighted by Gasteiger charge is 2.08. The molecule has 0 spiro atoms. The van der Waals surface area contributed by atoms with Crippen LogP contribution in [0.4, 0.5) is 5.82 Å². The third-order valence-corrected chi connectivity index (χ3v) is 2.83. The van der Waals surface area contributed by atoms with Crippen molar-refractivity contribution in [2.75, 3.05) is 17.6 Å². The summed E-state index contributed by atoms with van der Waals surface area (Å²) in [4.78, 5) is 15.0. The van der Waals surface area contributed by atoms with Crippen molar-refractivity contribution < 1.29 is 13.2 Å². The number of hydrogen-bond acceptors (Lipinski definition) is 5. The first-order valence-corrected chi connectivity index (χ1v) is 6.61. The molecule has 0 aromatic carbocycles. The molecule has 1 aromatic rings. The number of primary sulfonamides is 1. The van der Waals surface area contributed by atoms with Crippen molar-refractivity contribution in [2.45, 2.75) is 6.42 Å². The van der Waals surface area contributed by atoms with Gasteiger partial charge in [-0.1, -0.05) is 0 Å².